The molecular weight excluding hydrogens is 436 g/mol. The minimum absolute atomic E-state index is 0.111. The van der Waals surface area contributed by atoms with Gasteiger partial charge in [-0.05, 0) is 56.5 Å². The topological polar surface area (TPSA) is 108 Å². The Morgan fingerprint density at radius 1 is 1.12 bits per heavy atom. The highest BCUT2D eigenvalue weighted by Gasteiger charge is 2.48. The van der Waals surface area contributed by atoms with E-state index < -0.39 is 36.0 Å². The van der Waals surface area contributed by atoms with Gasteiger partial charge in [0, 0.05) is 12.5 Å². The van der Waals surface area contributed by atoms with E-state index in [2.05, 4.69) is 10.6 Å². The maximum atomic E-state index is 13.3. The highest BCUT2D eigenvalue weighted by Crippen LogP contribution is 2.32. The molecule has 2 heterocycles. The Kier molecular flexibility index (Phi) is 6.28. The molecule has 5 amide bonds. The smallest absolute Gasteiger partial charge is 0.325 e. The molecule has 2 aromatic rings. The van der Waals surface area contributed by atoms with Crippen molar-refractivity contribution in [2.45, 2.75) is 44.7 Å². The predicted molar refractivity (Wildman–Crippen MR) is 127 cm³/mol. The molecule has 0 aliphatic carbocycles. The van der Waals surface area contributed by atoms with Gasteiger partial charge in [-0.2, -0.15) is 0 Å². The number of fused-ring (bicyclic) bond motifs is 1. The van der Waals surface area contributed by atoms with E-state index in [4.69, 9.17) is 4.74 Å². The molecule has 2 aliphatic rings. The van der Waals surface area contributed by atoms with Gasteiger partial charge in [0.25, 0.3) is 5.91 Å². The van der Waals surface area contributed by atoms with Crippen LogP contribution in [0.4, 0.5) is 16.2 Å². The average molecular weight is 465 g/mol. The van der Waals surface area contributed by atoms with Crippen molar-refractivity contribution < 1.29 is 23.9 Å². The van der Waals surface area contributed by atoms with E-state index in [1.165, 1.54) is 4.90 Å². The fraction of sp³-hybridized carbons (Fsp3) is 0.360. The second-order valence-corrected chi connectivity index (χ2v) is 8.88. The van der Waals surface area contributed by atoms with Crippen molar-refractivity contribution >= 4 is 35.1 Å². The molecule has 0 unspecified atom stereocenters. The molecular formula is C25H28N4O5. The van der Waals surface area contributed by atoms with Gasteiger partial charge in [-0.3, -0.25) is 19.3 Å². The summed E-state index contributed by atoms with van der Waals surface area (Å²) in [5, 5.41) is 5.56. The SMILES string of the molecule is COc1ccc(CC[C@]2(C)NC(=O)N(CC(=O)N3c4ccccc4NC(=O)C[C@@H]3C)C2=O)cc1. The standard InChI is InChI=1S/C25H28N4O5/c1-16-14-21(30)26-19-6-4-5-7-20(19)29(16)22(31)15-28-23(32)25(2,27-24(28)33)13-12-17-8-10-18(34-3)11-9-17/h4-11,16H,12-15H2,1-3H3,(H,26,30)(H,27,33)/t16-,25-/m0/s1. The Morgan fingerprint density at radius 3 is 2.53 bits per heavy atom. The van der Waals surface area contributed by atoms with Crippen molar-refractivity contribution in [1.29, 1.82) is 0 Å². The Balaban J connectivity index is 1.48. The van der Waals surface area contributed by atoms with Gasteiger partial charge in [-0.15, -0.1) is 0 Å². The van der Waals surface area contributed by atoms with Crippen LogP contribution >= 0.6 is 0 Å². The third-order valence-corrected chi connectivity index (χ3v) is 6.34. The van der Waals surface area contributed by atoms with Crippen LogP contribution in [0.25, 0.3) is 0 Å². The maximum Gasteiger partial charge on any atom is 0.325 e. The highest BCUT2D eigenvalue weighted by atomic mass is 16.5. The van der Waals surface area contributed by atoms with E-state index in [1.807, 2.05) is 24.3 Å². The molecule has 2 aromatic carbocycles. The molecule has 2 N–H and O–H groups in total. The van der Waals surface area contributed by atoms with Gasteiger partial charge >= 0.3 is 6.03 Å². The number of rotatable bonds is 6. The molecule has 0 saturated carbocycles. The van der Waals surface area contributed by atoms with E-state index >= 15 is 0 Å². The van der Waals surface area contributed by atoms with Gasteiger partial charge in [-0.25, -0.2) is 4.79 Å². The lowest BCUT2D eigenvalue weighted by Gasteiger charge is -2.29. The normalized spacial score (nSPS) is 22.1. The molecule has 0 radical (unpaired) electrons. The summed E-state index contributed by atoms with van der Waals surface area (Å²) < 4.78 is 5.17. The number of hydrogen-bond donors (Lipinski definition) is 2. The number of urea groups is 1. The third kappa shape index (κ3) is 4.46. The Hall–Kier alpha value is -3.88. The van der Waals surface area contributed by atoms with Gasteiger partial charge in [-0.1, -0.05) is 24.3 Å². The first kappa shape index (κ1) is 23.3. The number of imide groups is 1. The quantitative estimate of drug-likeness (QED) is 0.639. The number of ether oxygens (including phenoxy) is 1. The number of para-hydroxylation sites is 2. The monoisotopic (exact) mass is 464 g/mol. The lowest BCUT2D eigenvalue weighted by molar-refractivity contribution is -0.134. The predicted octanol–water partition coefficient (Wildman–Crippen LogP) is 2.70. The minimum Gasteiger partial charge on any atom is -0.497 e. The first-order valence-corrected chi connectivity index (χ1v) is 11.2. The maximum absolute atomic E-state index is 13.3. The Morgan fingerprint density at radius 2 is 1.82 bits per heavy atom. The molecule has 2 atom stereocenters. The zero-order valence-electron chi connectivity index (χ0n) is 19.5. The number of nitrogens with zero attached hydrogens (tertiary/aromatic N) is 2. The van der Waals surface area contributed by atoms with E-state index in [1.54, 1.807) is 45.2 Å². The van der Waals surface area contributed by atoms with Crippen molar-refractivity contribution in [1.82, 2.24) is 10.2 Å². The summed E-state index contributed by atoms with van der Waals surface area (Å²) in [7, 11) is 1.60. The Bertz CT molecular complexity index is 1130. The van der Waals surface area contributed by atoms with Crippen molar-refractivity contribution in [3.05, 3.63) is 54.1 Å². The zero-order chi connectivity index (χ0) is 24.5. The van der Waals surface area contributed by atoms with Gasteiger partial charge in [0.05, 0.1) is 18.5 Å². The van der Waals surface area contributed by atoms with Crippen LogP contribution in [0.2, 0.25) is 0 Å². The van der Waals surface area contributed by atoms with Crippen LogP contribution in [0.5, 0.6) is 5.75 Å². The van der Waals surface area contributed by atoms with Crippen LogP contribution in [0.15, 0.2) is 48.5 Å². The molecule has 178 valence electrons. The van der Waals surface area contributed by atoms with E-state index in [-0.39, 0.29) is 12.3 Å². The number of benzene rings is 2. The van der Waals surface area contributed by atoms with Gasteiger partial charge < -0.3 is 20.3 Å². The van der Waals surface area contributed by atoms with Crippen LogP contribution in [0.3, 0.4) is 0 Å². The number of carbonyl (C=O) groups is 4. The largest absolute Gasteiger partial charge is 0.497 e. The molecule has 4 rings (SSSR count). The van der Waals surface area contributed by atoms with Crippen molar-refractivity contribution in [3.63, 3.8) is 0 Å². The lowest BCUT2D eigenvalue weighted by Crippen LogP contribution is -2.48. The summed E-state index contributed by atoms with van der Waals surface area (Å²) in [6, 6.07) is 13.5. The fourth-order valence-corrected chi connectivity index (χ4v) is 4.43. The summed E-state index contributed by atoms with van der Waals surface area (Å²) in [5.74, 6) is -0.328. The Labute approximate surface area is 198 Å². The van der Waals surface area contributed by atoms with Crippen molar-refractivity contribution in [2.24, 2.45) is 0 Å². The summed E-state index contributed by atoms with van der Waals surface area (Å²) in [6.07, 6.45) is 1.06. The van der Waals surface area contributed by atoms with E-state index in [0.717, 1.165) is 16.2 Å². The minimum atomic E-state index is -1.11. The first-order valence-electron chi connectivity index (χ1n) is 11.2. The molecule has 0 bridgehead atoms. The average Bonchev–Trinajstić information content (AvgIpc) is 2.93. The molecule has 0 spiro atoms. The van der Waals surface area contributed by atoms with Crippen molar-refractivity contribution in [2.75, 3.05) is 23.9 Å². The number of methoxy groups -OCH3 is 1. The molecule has 1 fully saturated rings. The molecule has 0 aromatic heterocycles. The van der Waals surface area contributed by atoms with Crippen LogP contribution in [-0.2, 0) is 20.8 Å². The summed E-state index contributed by atoms with van der Waals surface area (Å²) in [6.45, 7) is 3.04. The highest BCUT2D eigenvalue weighted by molar-refractivity contribution is 6.11. The second kappa shape index (κ2) is 9.17. The molecule has 1 saturated heterocycles. The number of aryl methyl sites for hydroxylation is 1. The second-order valence-electron chi connectivity index (χ2n) is 8.88. The van der Waals surface area contributed by atoms with Crippen LogP contribution < -0.4 is 20.3 Å². The lowest BCUT2D eigenvalue weighted by atomic mass is 9.93. The van der Waals surface area contributed by atoms with E-state index in [0.29, 0.717) is 24.2 Å². The number of nitrogens with one attached hydrogen (secondary N) is 2. The van der Waals surface area contributed by atoms with Crippen LogP contribution in [0.1, 0.15) is 32.3 Å². The number of hydrogen-bond acceptors (Lipinski definition) is 5. The number of amides is 5. The third-order valence-electron chi connectivity index (χ3n) is 6.34. The number of carbonyl (C=O) groups excluding carboxylic acids is 4. The van der Waals surface area contributed by atoms with Gasteiger partial charge in [0.15, 0.2) is 0 Å². The van der Waals surface area contributed by atoms with E-state index in [9.17, 15) is 19.2 Å². The molecule has 2 aliphatic heterocycles. The van der Waals surface area contributed by atoms with Crippen LogP contribution in [0, 0.1) is 0 Å². The molecule has 9 heteroatoms. The van der Waals surface area contributed by atoms with Gasteiger partial charge in [0.1, 0.15) is 17.8 Å². The molecule has 9 nitrogen and oxygen atoms in total. The van der Waals surface area contributed by atoms with Crippen LogP contribution in [-0.4, -0.2) is 53.9 Å². The fourth-order valence-electron chi connectivity index (χ4n) is 4.43. The number of anilines is 2. The molecule has 34 heavy (non-hydrogen) atoms. The summed E-state index contributed by atoms with van der Waals surface area (Å²) >= 11 is 0. The van der Waals surface area contributed by atoms with Crippen molar-refractivity contribution in [3.8, 4) is 5.75 Å². The zero-order valence-corrected chi connectivity index (χ0v) is 19.5. The summed E-state index contributed by atoms with van der Waals surface area (Å²) in [4.78, 5) is 53.9. The summed E-state index contributed by atoms with van der Waals surface area (Å²) in [5.41, 5.74) is 0.953. The van der Waals surface area contributed by atoms with Gasteiger partial charge in [0.2, 0.25) is 11.8 Å². The first-order chi connectivity index (χ1) is 16.2.